The van der Waals surface area contributed by atoms with Gasteiger partial charge in [-0.25, -0.2) is 8.42 Å². The average Bonchev–Trinajstić information content (AvgIpc) is 2.87. The Bertz CT molecular complexity index is 1270. The van der Waals surface area contributed by atoms with Crippen LogP contribution in [0.4, 0.5) is 11.5 Å². The number of carbonyl (C=O) groups excluding carboxylic acids is 1. The van der Waals surface area contributed by atoms with Crippen molar-refractivity contribution in [3.05, 3.63) is 60.2 Å². The summed E-state index contributed by atoms with van der Waals surface area (Å²) in [5.41, 5.74) is 1.69. The molecule has 0 spiro atoms. The van der Waals surface area contributed by atoms with Gasteiger partial charge in [-0.3, -0.25) is 9.52 Å². The van der Waals surface area contributed by atoms with E-state index in [2.05, 4.69) is 40.8 Å². The second-order valence-electron chi connectivity index (χ2n) is 8.51. The Morgan fingerprint density at radius 2 is 1.64 bits per heavy atom. The molecule has 36 heavy (non-hydrogen) atoms. The number of benzene rings is 2. The highest BCUT2D eigenvalue weighted by Gasteiger charge is 2.18. The van der Waals surface area contributed by atoms with Crippen molar-refractivity contribution in [2.75, 3.05) is 30.9 Å². The first-order valence-corrected chi connectivity index (χ1v) is 12.7. The van der Waals surface area contributed by atoms with E-state index < -0.39 is 10.0 Å². The zero-order chi connectivity index (χ0) is 26.3. The number of methoxy groups -OCH3 is 2. The summed E-state index contributed by atoms with van der Waals surface area (Å²) in [5, 5.41) is 2.68. The Morgan fingerprint density at radius 1 is 0.972 bits per heavy atom. The maximum Gasteiger partial charge on any atom is 0.321 e. The van der Waals surface area contributed by atoms with Gasteiger partial charge in [0.1, 0.15) is 5.75 Å². The molecule has 0 aliphatic rings. The van der Waals surface area contributed by atoms with Gasteiger partial charge >= 0.3 is 6.01 Å². The summed E-state index contributed by atoms with van der Waals surface area (Å²) in [7, 11) is -1.21. The van der Waals surface area contributed by atoms with Crippen molar-refractivity contribution in [3.63, 3.8) is 0 Å². The molecule has 1 aromatic heterocycles. The summed E-state index contributed by atoms with van der Waals surface area (Å²) in [4.78, 5) is 20.2. The van der Waals surface area contributed by atoms with E-state index in [0.717, 1.165) is 6.42 Å². The first kappa shape index (κ1) is 26.7. The molecule has 0 bridgehead atoms. The summed E-state index contributed by atoms with van der Waals surface area (Å²) in [5.74, 6) is 0.341. The summed E-state index contributed by atoms with van der Waals surface area (Å²) in [6.07, 6.45) is 1.01. The van der Waals surface area contributed by atoms with Crippen LogP contribution in [-0.2, 0) is 20.2 Å². The number of amides is 1. The molecule has 11 heteroatoms. The van der Waals surface area contributed by atoms with Crippen molar-refractivity contribution in [1.82, 2.24) is 9.97 Å². The molecule has 10 nitrogen and oxygen atoms in total. The lowest BCUT2D eigenvalue weighted by atomic mass is 9.82. The van der Waals surface area contributed by atoms with Gasteiger partial charge in [0, 0.05) is 11.8 Å². The molecule has 1 amide bonds. The first-order chi connectivity index (χ1) is 17.1. The van der Waals surface area contributed by atoms with Gasteiger partial charge < -0.3 is 19.5 Å². The van der Waals surface area contributed by atoms with Crippen LogP contribution in [0.3, 0.4) is 0 Å². The standard InChI is InChI=1S/C25H30N4O6S/c1-6-25(2,3)17-7-11-19(12-8-17)35-16-22(30)26-18-9-13-20(14-10-18)36(31,32)29-21-15-23(33-4)28-24(27-21)34-5/h7-15H,6,16H2,1-5H3,(H,26,30)(H,27,28,29). The highest BCUT2D eigenvalue weighted by atomic mass is 32.2. The van der Waals surface area contributed by atoms with E-state index in [-0.39, 0.29) is 40.5 Å². The monoisotopic (exact) mass is 514 g/mol. The van der Waals surface area contributed by atoms with Crippen LogP contribution in [0.1, 0.15) is 32.8 Å². The van der Waals surface area contributed by atoms with Gasteiger partial charge in [0.25, 0.3) is 15.9 Å². The van der Waals surface area contributed by atoms with Crippen molar-refractivity contribution in [3.8, 4) is 17.6 Å². The molecule has 3 rings (SSSR count). The van der Waals surface area contributed by atoms with Gasteiger partial charge in [0.2, 0.25) is 5.88 Å². The highest BCUT2D eigenvalue weighted by molar-refractivity contribution is 7.92. The molecular weight excluding hydrogens is 484 g/mol. The fourth-order valence-electron chi connectivity index (χ4n) is 3.12. The Hall–Kier alpha value is -3.86. The lowest BCUT2D eigenvalue weighted by Crippen LogP contribution is -2.20. The maximum absolute atomic E-state index is 12.7. The van der Waals surface area contributed by atoms with Crippen LogP contribution in [0.15, 0.2) is 59.5 Å². The molecule has 0 saturated carbocycles. The van der Waals surface area contributed by atoms with Crippen LogP contribution < -0.4 is 24.2 Å². The minimum atomic E-state index is -3.96. The Morgan fingerprint density at radius 3 is 2.22 bits per heavy atom. The van der Waals surface area contributed by atoms with Crippen molar-refractivity contribution in [2.45, 2.75) is 37.5 Å². The number of sulfonamides is 1. The largest absolute Gasteiger partial charge is 0.484 e. The zero-order valence-corrected chi connectivity index (χ0v) is 21.7. The number of nitrogens with one attached hydrogen (secondary N) is 2. The molecule has 0 atom stereocenters. The SMILES string of the molecule is CCC(C)(C)c1ccc(OCC(=O)Nc2ccc(S(=O)(=O)Nc3cc(OC)nc(OC)n3)cc2)cc1. The molecule has 0 fully saturated rings. The number of nitrogens with zero attached hydrogens (tertiary/aromatic N) is 2. The molecule has 0 unspecified atom stereocenters. The quantitative estimate of drug-likeness (QED) is 0.393. The fraction of sp³-hybridized carbons (Fsp3) is 0.320. The molecule has 2 N–H and O–H groups in total. The van der Waals surface area contributed by atoms with Crippen LogP contribution in [0.25, 0.3) is 0 Å². The lowest BCUT2D eigenvalue weighted by molar-refractivity contribution is -0.118. The predicted molar refractivity (Wildman–Crippen MR) is 136 cm³/mol. The Balaban J connectivity index is 1.59. The summed E-state index contributed by atoms with van der Waals surface area (Å²) >= 11 is 0. The van der Waals surface area contributed by atoms with Crippen molar-refractivity contribution in [1.29, 1.82) is 0 Å². The van der Waals surface area contributed by atoms with E-state index in [0.29, 0.717) is 11.4 Å². The van der Waals surface area contributed by atoms with Crippen molar-refractivity contribution in [2.24, 2.45) is 0 Å². The minimum Gasteiger partial charge on any atom is -0.484 e. The topological polar surface area (TPSA) is 129 Å². The Kier molecular flexibility index (Phi) is 8.36. The number of ether oxygens (including phenoxy) is 3. The number of carbonyl (C=O) groups is 1. The number of rotatable bonds is 11. The van der Waals surface area contributed by atoms with Crippen LogP contribution in [0.5, 0.6) is 17.6 Å². The van der Waals surface area contributed by atoms with Crippen LogP contribution in [0.2, 0.25) is 0 Å². The van der Waals surface area contributed by atoms with Crippen molar-refractivity contribution >= 4 is 27.4 Å². The molecule has 0 aliphatic heterocycles. The van der Waals surface area contributed by atoms with E-state index in [1.807, 2.05) is 24.3 Å². The van der Waals surface area contributed by atoms with E-state index in [9.17, 15) is 13.2 Å². The lowest BCUT2D eigenvalue weighted by Gasteiger charge is -2.23. The summed E-state index contributed by atoms with van der Waals surface area (Å²) in [6, 6.07) is 14.6. The maximum atomic E-state index is 12.7. The third-order valence-electron chi connectivity index (χ3n) is 5.65. The van der Waals surface area contributed by atoms with Crippen LogP contribution in [-0.4, -0.2) is 45.1 Å². The van der Waals surface area contributed by atoms with E-state index in [1.165, 1.54) is 50.1 Å². The molecule has 192 valence electrons. The van der Waals surface area contributed by atoms with E-state index >= 15 is 0 Å². The molecule has 0 saturated heterocycles. The fourth-order valence-corrected chi connectivity index (χ4v) is 4.11. The zero-order valence-electron chi connectivity index (χ0n) is 20.9. The molecule has 0 aliphatic carbocycles. The average molecular weight is 515 g/mol. The van der Waals surface area contributed by atoms with E-state index in [4.69, 9.17) is 14.2 Å². The normalized spacial score (nSPS) is 11.5. The number of hydrogen-bond donors (Lipinski definition) is 2. The summed E-state index contributed by atoms with van der Waals surface area (Å²) in [6.45, 7) is 6.30. The third-order valence-corrected chi connectivity index (χ3v) is 7.02. The number of aromatic nitrogens is 2. The highest BCUT2D eigenvalue weighted by Crippen LogP contribution is 2.28. The van der Waals surface area contributed by atoms with Gasteiger partial charge in [-0.2, -0.15) is 9.97 Å². The number of anilines is 2. The molecule has 0 radical (unpaired) electrons. The van der Waals surface area contributed by atoms with Gasteiger partial charge in [-0.15, -0.1) is 0 Å². The summed E-state index contributed by atoms with van der Waals surface area (Å²) < 4.78 is 43.4. The molecule has 3 aromatic rings. The van der Waals surface area contributed by atoms with Gasteiger partial charge in [-0.05, 0) is 53.8 Å². The predicted octanol–water partition coefficient (Wildman–Crippen LogP) is 4.00. The van der Waals surface area contributed by atoms with Gasteiger partial charge in [-0.1, -0.05) is 32.9 Å². The molecule has 1 heterocycles. The van der Waals surface area contributed by atoms with Gasteiger partial charge in [0.15, 0.2) is 12.4 Å². The molecular formula is C25H30N4O6S. The van der Waals surface area contributed by atoms with Crippen LogP contribution in [0, 0.1) is 0 Å². The number of hydrogen-bond acceptors (Lipinski definition) is 8. The van der Waals surface area contributed by atoms with Crippen molar-refractivity contribution < 1.29 is 27.4 Å². The minimum absolute atomic E-state index is 0.0143. The Labute approximate surface area is 211 Å². The first-order valence-electron chi connectivity index (χ1n) is 11.2. The second kappa shape index (κ2) is 11.3. The van der Waals surface area contributed by atoms with Gasteiger partial charge in [0.05, 0.1) is 19.1 Å². The smallest absolute Gasteiger partial charge is 0.321 e. The van der Waals surface area contributed by atoms with Crippen LogP contribution >= 0.6 is 0 Å². The molecule has 2 aromatic carbocycles. The third kappa shape index (κ3) is 6.85. The van der Waals surface area contributed by atoms with E-state index in [1.54, 1.807) is 0 Å². The second-order valence-corrected chi connectivity index (χ2v) is 10.2.